The molecule has 0 unspecified atom stereocenters. The highest BCUT2D eigenvalue weighted by molar-refractivity contribution is 9.11. The van der Waals surface area contributed by atoms with Gasteiger partial charge in [-0.05, 0) is 18.9 Å². The number of hydrogen-bond acceptors (Lipinski definition) is 2. The molecular formula is C13H20BrN3. The van der Waals surface area contributed by atoms with Crippen molar-refractivity contribution in [3.63, 3.8) is 0 Å². The van der Waals surface area contributed by atoms with E-state index in [2.05, 4.69) is 49.9 Å². The molecule has 94 valence electrons. The van der Waals surface area contributed by atoms with Crippen LogP contribution in [0.5, 0.6) is 0 Å². The fourth-order valence-electron chi connectivity index (χ4n) is 2.35. The highest BCUT2D eigenvalue weighted by Gasteiger charge is 2.15. The van der Waals surface area contributed by atoms with Crippen LogP contribution in [0.2, 0.25) is 0 Å². The van der Waals surface area contributed by atoms with Crippen molar-refractivity contribution < 1.29 is 0 Å². The Labute approximate surface area is 111 Å². The number of nitrogens with zero attached hydrogens (tertiary/aromatic N) is 2. The van der Waals surface area contributed by atoms with Crippen LogP contribution in [0.4, 0.5) is 0 Å². The van der Waals surface area contributed by atoms with Gasteiger partial charge in [-0.3, -0.25) is 4.68 Å². The van der Waals surface area contributed by atoms with Gasteiger partial charge >= 0.3 is 0 Å². The zero-order valence-electron chi connectivity index (χ0n) is 10.2. The highest BCUT2D eigenvalue weighted by Crippen LogP contribution is 2.27. The molecule has 1 heterocycles. The third kappa shape index (κ3) is 3.96. The molecule has 0 aromatic carbocycles. The predicted octanol–water partition coefficient (Wildman–Crippen LogP) is 3.39. The minimum Gasteiger partial charge on any atom is -0.306 e. The Morgan fingerprint density at radius 3 is 2.94 bits per heavy atom. The SMILES string of the molecule is C=C(Br)CNCc1ccn(C2CCCCC2)n1. The Kier molecular flexibility index (Phi) is 4.80. The van der Waals surface area contributed by atoms with E-state index < -0.39 is 0 Å². The van der Waals surface area contributed by atoms with Crippen LogP contribution < -0.4 is 5.32 Å². The lowest BCUT2D eigenvalue weighted by molar-refractivity contribution is 0.328. The van der Waals surface area contributed by atoms with E-state index >= 15 is 0 Å². The molecule has 1 aliphatic rings. The second-order valence-electron chi connectivity index (χ2n) is 4.70. The molecule has 4 heteroatoms. The molecule has 1 aliphatic carbocycles. The van der Waals surface area contributed by atoms with Crippen LogP contribution in [0.15, 0.2) is 23.3 Å². The topological polar surface area (TPSA) is 29.9 Å². The van der Waals surface area contributed by atoms with Gasteiger partial charge in [-0.25, -0.2) is 0 Å². The van der Waals surface area contributed by atoms with Crippen LogP contribution in [0.1, 0.15) is 43.8 Å². The van der Waals surface area contributed by atoms with Crippen molar-refractivity contribution in [3.05, 3.63) is 29.0 Å². The molecule has 0 bridgehead atoms. The predicted molar refractivity (Wildman–Crippen MR) is 74.1 cm³/mol. The third-order valence-electron chi connectivity index (χ3n) is 3.24. The Bertz CT molecular complexity index is 366. The summed E-state index contributed by atoms with van der Waals surface area (Å²) in [5.74, 6) is 0. The average molecular weight is 298 g/mol. The summed E-state index contributed by atoms with van der Waals surface area (Å²) in [7, 11) is 0. The van der Waals surface area contributed by atoms with Gasteiger partial charge in [0.25, 0.3) is 0 Å². The zero-order chi connectivity index (χ0) is 12.1. The Morgan fingerprint density at radius 1 is 1.47 bits per heavy atom. The molecule has 0 spiro atoms. The average Bonchev–Trinajstić information content (AvgIpc) is 2.78. The molecule has 3 nitrogen and oxygen atoms in total. The fourth-order valence-corrected chi connectivity index (χ4v) is 2.55. The summed E-state index contributed by atoms with van der Waals surface area (Å²) in [5.41, 5.74) is 1.12. The molecule has 1 saturated carbocycles. The van der Waals surface area contributed by atoms with Crippen molar-refractivity contribution in [1.82, 2.24) is 15.1 Å². The first-order valence-electron chi connectivity index (χ1n) is 6.34. The van der Waals surface area contributed by atoms with Crippen molar-refractivity contribution in [2.75, 3.05) is 6.54 Å². The van der Waals surface area contributed by atoms with Gasteiger partial charge in [0, 0.05) is 23.8 Å². The van der Waals surface area contributed by atoms with Gasteiger partial charge in [-0.15, -0.1) is 0 Å². The van der Waals surface area contributed by atoms with Crippen LogP contribution in [0.3, 0.4) is 0 Å². The molecule has 0 radical (unpaired) electrons. The lowest BCUT2D eigenvalue weighted by Crippen LogP contribution is -2.16. The second kappa shape index (κ2) is 6.36. The molecule has 17 heavy (non-hydrogen) atoms. The van der Waals surface area contributed by atoms with E-state index in [1.807, 2.05) is 0 Å². The Hall–Kier alpha value is -0.610. The van der Waals surface area contributed by atoms with Gasteiger partial charge in [0.05, 0.1) is 11.7 Å². The monoisotopic (exact) mass is 297 g/mol. The summed E-state index contributed by atoms with van der Waals surface area (Å²) in [4.78, 5) is 0. The Balaban J connectivity index is 1.84. The first kappa shape index (κ1) is 12.8. The van der Waals surface area contributed by atoms with E-state index in [1.54, 1.807) is 0 Å². The number of rotatable bonds is 5. The maximum absolute atomic E-state index is 4.64. The summed E-state index contributed by atoms with van der Waals surface area (Å²) < 4.78 is 3.13. The molecule has 1 fully saturated rings. The first-order valence-corrected chi connectivity index (χ1v) is 7.13. The Morgan fingerprint density at radius 2 is 2.24 bits per heavy atom. The minimum absolute atomic E-state index is 0.628. The normalized spacial score (nSPS) is 17.2. The van der Waals surface area contributed by atoms with Crippen molar-refractivity contribution in [2.45, 2.75) is 44.7 Å². The number of hydrogen-bond donors (Lipinski definition) is 1. The minimum atomic E-state index is 0.628. The highest BCUT2D eigenvalue weighted by atomic mass is 79.9. The smallest absolute Gasteiger partial charge is 0.0762 e. The van der Waals surface area contributed by atoms with Crippen LogP contribution in [0.25, 0.3) is 0 Å². The van der Waals surface area contributed by atoms with E-state index in [0.717, 1.165) is 23.3 Å². The molecule has 0 amide bonds. The molecule has 1 aromatic heterocycles. The van der Waals surface area contributed by atoms with Crippen molar-refractivity contribution >= 4 is 15.9 Å². The second-order valence-corrected chi connectivity index (χ2v) is 5.82. The molecule has 0 aliphatic heterocycles. The first-order chi connectivity index (χ1) is 8.25. The summed E-state index contributed by atoms with van der Waals surface area (Å²) in [5, 5.41) is 7.94. The van der Waals surface area contributed by atoms with Crippen LogP contribution >= 0.6 is 15.9 Å². The summed E-state index contributed by atoms with van der Waals surface area (Å²) in [6.45, 7) is 5.39. The van der Waals surface area contributed by atoms with Crippen molar-refractivity contribution in [1.29, 1.82) is 0 Å². The molecule has 1 N–H and O–H groups in total. The molecule has 0 atom stereocenters. The third-order valence-corrected chi connectivity index (χ3v) is 3.52. The standard InChI is InChI=1S/C13H20BrN3/c1-11(14)9-15-10-12-7-8-17(16-12)13-5-3-2-4-6-13/h7-8,13,15H,1-6,9-10H2. The van der Waals surface area contributed by atoms with Crippen LogP contribution in [0, 0.1) is 0 Å². The van der Waals surface area contributed by atoms with E-state index in [-0.39, 0.29) is 0 Å². The van der Waals surface area contributed by atoms with Gasteiger partial charge in [0.2, 0.25) is 0 Å². The lowest BCUT2D eigenvalue weighted by Gasteiger charge is -2.21. The zero-order valence-corrected chi connectivity index (χ0v) is 11.7. The summed E-state index contributed by atoms with van der Waals surface area (Å²) in [6.07, 6.45) is 8.78. The number of nitrogens with one attached hydrogen (secondary N) is 1. The number of aromatic nitrogens is 2. The molecular weight excluding hydrogens is 278 g/mol. The fraction of sp³-hybridized carbons (Fsp3) is 0.615. The maximum Gasteiger partial charge on any atom is 0.0762 e. The van der Waals surface area contributed by atoms with Gasteiger partial charge in [0.15, 0.2) is 0 Å². The molecule has 1 aromatic rings. The van der Waals surface area contributed by atoms with E-state index in [9.17, 15) is 0 Å². The lowest BCUT2D eigenvalue weighted by atomic mass is 9.96. The molecule has 0 saturated heterocycles. The van der Waals surface area contributed by atoms with Crippen LogP contribution in [-0.2, 0) is 6.54 Å². The van der Waals surface area contributed by atoms with E-state index in [1.165, 1.54) is 32.1 Å². The summed E-state index contributed by atoms with van der Waals surface area (Å²) in [6, 6.07) is 2.74. The number of halogens is 1. The van der Waals surface area contributed by atoms with Gasteiger partial charge in [-0.2, -0.15) is 5.10 Å². The van der Waals surface area contributed by atoms with E-state index in [4.69, 9.17) is 0 Å². The van der Waals surface area contributed by atoms with Gasteiger partial charge in [-0.1, -0.05) is 41.8 Å². The van der Waals surface area contributed by atoms with Crippen molar-refractivity contribution in [3.8, 4) is 0 Å². The quantitative estimate of drug-likeness (QED) is 0.903. The van der Waals surface area contributed by atoms with E-state index in [0.29, 0.717) is 6.04 Å². The maximum atomic E-state index is 4.64. The van der Waals surface area contributed by atoms with Crippen molar-refractivity contribution in [2.24, 2.45) is 0 Å². The summed E-state index contributed by atoms with van der Waals surface area (Å²) >= 11 is 3.33. The van der Waals surface area contributed by atoms with Gasteiger partial charge in [0.1, 0.15) is 0 Å². The van der Waals surface area contributed by atoms with Crippen LogP contribution in [-0.4, -0.2) is 16.3 Å². The largest absolute Gasteiger partial charge is 0.306 e. The van der Waals surface area contributed by atoms with Gasteiger partial charge < -0.3 is 5.32 Å². The molecule has 2 rings (SSSR count).